The molecule has 0 aliphatic heterocycles. The largest absolute Gasteiger partial charge is 0.490 e. The van der Waals surface area contributed by atoms with Crippen molar-refractivity contribution in [3.8, 4) is 17.0 Å². The smallest absolute Gasteiger partial charge is 0.119 e. The molecular weight excluding hydrogens is 398 g/mol. The molecular formula is C27H41N3O2. The molecule has 2 fully saturated rings. The van der Waals surface area contributed by atoms with Crippen molar-refractivity contribution in [3.63, 3.8) is 0 Å². The molecule has 2 aliphatic rings. The van der Waals surface area contributed by atoms with Crippen LogP contribution in [0.2, 0.25) is 0 Å². The van der Waals surface area contributed by atoms with Crippen molar-refractivity contribution in [2.45, 2.75) is 89.9 Å². The number of ether oxygens (including phenoxy) is 2. The molecule has 1 aromatic carbocycles. The van der Waals surface area contributed by atoms with E-state index in [1.807, 2.05) is 6.20 Å². The number of aromatic nitrogens is 2. The normalized spacial score (nSPS) is 21.6. The summed E-state index contributed by atoms with van der Waals surface area (Å²) < 4.78 is 12.3. The van der Waals surface area contributed by atoms with E-state index in [4.69, 9.17) is 9.47 Å². The number of unbranched alkanes of at least 4 members (excludes halogenated alkanes) is 1. The fourth-order valence-electron chi connectivity index (χ4n) is 5.00. The highest BCUT2D eigenvalue weighted by atomic mass is 16.5. The van der Waals surface area contributed by atoms with Crippen LogP contribution in [0.5, 0.6) is 5.75 Å². The van der Waals surface area contributed by atoms with E-state index in [9.17, 15) is 0 Å². The molecule has 1 heterocycles. The third kappa shape index (κ3) is 6.58. The van der Waals surface area contributed by atoms with Gasteiger partial charge in [0.05, 0.1) is 18.0 Å². The lowest BCUT2D eigenvalue weighted by Gasteiger charge is -2.35. The zero-order chi connectivity index (χ0) is 22.2. The molecule has 0 bridgehead atoms. The maximum absolute atomic E-state index is 6.17. The van der Waals surface area contributed by atoms with Gasteiger partial charge in [-0.2, -0.15) is 5.10 Å². The van der Waals surface area contributed by atoms with E-state index >= 15 is 0 Å². The van der Waals surface area contributed by atoms with Gasteiger partial charge in [0, 0.05) is 37.1 Å². The summed E-state index contributed by atoms with van der Waals surface area (Å²) in [7, 11) is 2.18. The van der Waals surface area contributed by atoms with Crippen molar-refractivity contribution in [1.29, 1.82) is 0 Å². The van der Waals surface area contributed by atoms with Gasteiger partial charge in [0.15, 0.2) is 0 Å². The molecule has 5 nitrogen and oxygen atoms in total. The predicted octanol–water partition coefficient (Wildman–Crippen LogP) is 6.21. The third-order valence-corrected chi connectivity index (χ3v) is 7.15. The molecule has 2 aromatic rings. The van der Waals surface area contributed by atoms with E-state index < -0.39 is 0 Å². The van der Waals surface area contributed by atoms with Crippen molar-refractivity contribution in [1.82, 2.24) is 15.1 Å². The summed E-state index contributed by atoms with van der Waals surface area (Å²) in [5.74, 6) is 1.85. The Hall–Kier alpha value is -1.85. The lowest BCUT2D eigenvalue weighted by Crippen LogP contribution is -2.39. The Morgan fingerprint density at radius 3 is 2.59 bits per heavy atom. The molecule has 1 aromatic heterocycles. The van der Waals surface area contributed by atoms with Crippen LogP contribution >= 0.6 is 0 Å². The van der Waals surface area contributed by atoms with Gasteiger partial charge in [-0.3, -0.25) is 5.10 Å². The first kappa shape index (κ1) is 23.3. The minimum atomic E-state index is 0.287. The molecule has 176 valence electrons. The lowest BCUT2D eigenvalue weighted by molar-refractivity contribution is -0.0645. The fraction of sp³-hybridized carbons (Fsp3) is 0.667. The highest BCUT2D eigenvalue weighted by Crippen LogP contribution is 2.31. The lowest BCUT2D eigenvalue weighted by atomic mass is 9.87. The number of benzene rings is 1. The first-order valence-electron chi connectivity index (χ1n) is 12.8. The molecule has 32 heavy (non-hydrogen) atoms. The Bertz CT molecular complexity index is 791. The molecule has 4 rings (SSSR count). The molecule has 0 spiro atoms. The van der Waals surface area contributed by atoms with Crippen LogP contribution in [0.1, 0.15) is 76.7 Å². The minimum Gasteiger partial charge on any atom is -0.490 e. The summed E-state index contributed by atoms with van der Waals surface area (Å²) in [6.45, 7) is 5.18. The Balaban J connectivity index is 1.19. The predicted molar refractivity (Wildman–Crippen MR) is 130 cm³/mol. The number of H-pyrrole nitrogens is 1. The van der Waals surface area contributed by atoms with Gasteiger partial charge in [-0.05, 0) is 56.6 Å². The van der Waals surface area contributed by atoms with Gasteiger partial charge < -0.3 is 14.4 Å². The molecule has 5 heteroatoms. The van der Waals surface area contributed by atoms with Crippen LogP contribution in [0.15, 0.2) is 30.5 Å². The monoisotopic (exact) mass is 439 g/mol. The number of nitrogens with one attached hydrogen (secondary N) is 1. The van der Waals surface area contributed by atoms with Crippen LogP contribution in [0.4, 0.5) is 0 Å². The molecule has 0 amide bonds. The van der Waals surface area contributed by atoms with E-state index in [-0.39, 0.29) is 6.10 Å². The quantitative estimate of drug-likeness (QED) is 0.427. The second-order valence-electron chi connectivity index (χ2n) is 9.88. The van der Waals surface area contributed by atoms with Gasteiger partial charge in [-0.1, -0.05) is 45.4 Å². The topological polar surface area (TPSA) is 50.4 Å². The van der Waals surface area contributed by atoms with Gasteiger partial charge in [0.2, 0.25) is 0 Å². The number of rotatable bonds is 12. The van der Waals surface area contributed by atoms with Crippen LogP contribution in [-0.2, 0) is 11.3 Å². The molecule has 0 saturated heterocycles. The number of hydrogen-bond acceptors (Lipinski definition) is 4. The first-order chi connectivity index (χ1) is 15.7. The van der Waals surface area contributed by atoms with Crippen LogP contribution in [-0.4, -0.2) is 47.5 Å². The Morgan fingerprint density at radius 2 is 1.84 bits per heavy atom. The number of hydrogen-bond donors (Lipinski definition) is 1. The number of nitrogens with zero attached hydrogens (tertiary/aromatic N) is 2. The zero-order valence-electron chi connectivity index (χ0n) is 20.0. The molecule has 0 radical (unpaired) electrons. The number of aromatic amines is 1. The van der Waals surface area contributed by atoms with Crippen molar-refractivity contribution >= 4 is 0 Å². The van der Waals surface area contributed by atoms with Crippen molar-refractivity contribution in [3.05, 3.63) is 36.0 Å². The highest BCUT2D eigenvalue weighted by molar-refractivity contribution is 5.63. The minimum absolute atomic E-state index is 0.287. The van der Waals surface area contributed by atoms with Crippen LogP contribution < -0.4 is 4.74 Å². The molecule has 0 atom stereocenters. The molecule has 2 aliphatic carbocycles. The van der Waals surface area contributed by atoms with Crippen molar-refractivity contribution < 1.29 is 9.47 Å². The Labute approximate surface area is 193 Å². The first-order valence-corrected chi connectivity index (χ1v) is 12.8. The van der Waals surface area contributed by atoms with Crippen LogP contribution in [0, 0.1) is 5.92 Å². The average Bonchev–Trinajstić information content (AvgIpc) is 3.25. The summed E-state index contributed by atoms with van der Waals surface area (Å²) in [4.78, 5) is 2.36. The standard InChI is InChI=1S/C27H41N3O2/c1-3-4-15-30(2)20-23-19-28-29-27(23)22-10-12-24(13-11-22)32-26-17-25(18-26)31-16-14-21-8-6-5-7-9-21/h10-13,19,21,25-26H,3-9,14-18,20H2,1-2H3,(H,28,29). The van der Waals surface area contributed by atoms with E-state index in [0.717, 1.165) is 55.5 Å². The van der Waals surface area contributed by atoms with E-state index in [1.54, 1.807) is 0 Å². The Morgan fingerprint density at radius 1 is 1.06 bits per heavy atom. The van der Waals surface area contributed by atoms with Crippen molar-refractivity contribution in [2.24, 2.45) is 5.92 Å². The highest BCUT2D eigenvalue weighted by Gasteiger charge is 2.31. The fourth-order valence-corrected chi connectivity index (χ4v) is 5.00. The SMILES string of the molecule is CCCCN(C)Cc1cn[nH]c1-c1ccc(OC2CC(OCCC3CCCCC3)C2)cc1. The Kier molecular flexibility index (Phi) is 8.63. The van der Waals surface area contributed by atoms with Gasteiger partial charge in [0.25, 0.3) is 0 Å². The van der Waals surface area contributed by atoms with Gasteiger partial charge >= 0.3 is 0 Å². The summed E-state index contributed by atoms with van der Waals surface area (Å²) in [5.41, 5.74) is 3.51. The summed E-state index contributed by atoms with van der Waals surface area (Å²) in [6.07, 6.45) is 15.4. The zero-order valence-corrected chi connectivity index (χ0v) is 20.0. The molecule has 2 saturated carbocycles. The third-order valence-electron chi connectivity index (χ3n) is 7.15. The van der Waals surface area contributed by atoms with Crippen LogP contribution in [0.25, 0.3) is 11.3 Å². The van der Waals surface area contributed by atoms with Crippen LogP contribution in [0.3, 0.4) is 0 Å². The second kappa shape index (κ2) is 11.9. The van der Waals surface area contributed by atoms with Gasteiger partial charge in [-0.15, -0.1) is 0 Å². The van der Waals surface area contributed by atoms with Gasteiger partial charge in [-0.25, -0.2) is 0 Å². The van der Waals surface area contributed by atoms with E-state index in [2.05, 4.69) is 53.3 Å². The van der Waals surface area contributed by atoms with Gasteiger partial charge in [0.1, 0.15) is 11.9 Å². The maximum atomic E-state index is 6.17. The molecule has 0 unspecified atom stereocenters. The average molecular weight is 440 g/mol. The summed E-state index contributed by atoms with van der Waals surface area (Å²) in [5, 5.41) is 7.47. The summed E-state index contributed by atoms with van der Waals surface area (Å²) >= 11 is 0. The second-order valence-corrected chi connectivity index (χ2v) is 9.88. The van der Waals surface area contributed by atoms with E-state index in [0.29, 0.717) is 6.10 Å². The van der Waals surface area contributed by atoms with E-state index in [1.165, 1.54) is 56.9 Å². The maximum Gasteiger partial charge on any atom is 0.119 e. The summed E-state index contributed by atoms with van der Waals surface area (Å²) in [6, 6.07) is 8.43. The molecule has 1 N–H and O–H groups in total. The van der Waals surface area contributed by atoms with Crippen molar-refractivity contribution in [2.75, 3.05) is 20.2 Å².